The summed E-state index contributed by atoms with van der Waals surface area (Å²) >= 11 is 3.42. The number of morpholine rings is 1. The highest BCUT2D eigenvalue weighted by molar-refractivity contribution is 9.10. The van der Waals surface area contributed by atoms with Crippen LogP contribution in [0, 0.1) is 0 Å². The molecule has 1 atom stereocenters. The van der Waals surface area contributed by atoms with Crippen molar-refractivity contribution in [1.82, 2.24) is 10.2 Å². The predicted molar refractivity (Wildman–Crippen MR) is 78.0 cm³/mol. The Balaban J connectivity index is 1.80. The van der Waals surface area contributed by atoms with Crippen molar-refractivity contribution in [3.8, 4) is 0 Å². The number of carbonyl (C=O) groups is 1. The lowest BCUT2D eigenvalue weighted by Crippen LogP contribution is -2.45. The second kappa shape index (κ2) is 7.03. The van der Waals surface area contributed by atoms with Gasteiger partial charge in [0.15, 0.2) is 0 Å². The molecule has 19 heavy (non-hydrogen) atoms. The van der Waals surface area contributed by atoms with Gasteiger partial charge in [0.25, 0.3) is 0 Å². The van der Waals surface area contributed by atoms with Crippen molar-refractivity contribution in [2.75, 3.05) is 32.8 Å². The van der Waals surface area contributed by atoms with Crippen molar-refractivity contribution in [2.24, 2.45) is 0 Å². The van der Waals surface area contributed by atoms with Crippen LogP contribution in [0.25, 0.3) is 0 Å². The van der Waals surface area contributed by atoms with Gasteiger partial charge in [0.05, 0.1) is 19.8 Å². The topological polar surface area (TPSA) is 41.6 Å². The third-order valence-corrected chi connectivity index (χ3v) is 3.82. The van der Waals surface area contributed by atoms with Crippen LogP contribution in [-0.2, 0) is 9.53 Å². The average molecular weight is 327 g/mol. The maximum Gasteiger partial charge on any atom is 0.236 e. The van der Waals surface area contributed by atoms with Gasteiger partial charge in [-0.1, -0.05) is 28.1 Å². The lowest BCUT2D eigenvalue weighted by atomic mass is 10.1. The molecule has 0 aliphatic carbocycles. The highest BCUT2D eigenvalue weighted by atomic mass is 79.9. The molecule has 104 valence electrons. The monoisotopic (exact) mass is 326 g/mol. The van der Waals surface area contributed by atoms with Crippen molar-refractivity contribution in [2.45, 2.75) is 13.0 Å². The van der Waals surface area contributed by atoms with E-state index in [0.717, 1.165) is 4.47 Å². The summed E-state index contributed by atoms with van der Waals surface area (Å²) in [6.07, 6.45) is 0. The summed E-state index contributed by atoms with van der Waals surface area (Å²) in [4.78, 5) is 13.8. The van der Waals surface area contributed by atoms with Gasteiger partial charge in [0.1, 0.15) is 0 Å². The zero-order valence-corrected chi connectivity index (χ0v) is 12.6. The molecule has 2 rings (SSSR count). The zero-order valence-electron chi connectivity index (χ0n) is 11.1. The molecular formula is C14H19BrN2O2. The van der Waals surface area contributed by atoms with Crippen LogP contribution in [-0.4, -0.2) is 43.7 Å². The molecule has 0 saturated carbocycles. The number of hydrogen-bond acceptors (Lipinski definition) is 3. The number of nitrogens with zero attached hydrogens (tertiary/aromatic N) is 1. The third kappa shape index (κ3) is 4.30. The Morgan fingerprint density at radius 2 is 2.00 bits per heavy atom. The Bertz CT molecular complexity index is 416. The molecule has 1 aromatic carbocycles. The molecule has 1 saturated heterocycles. The summed E-state index contributed by atoms with van der Waals surface area (Å²) in [5.41, 5.74) is 1.18. The number of ether oxygens (including phenoxy) is 1. The van der Waals surface area contributed by atoms with Crippen LogP contribution in [0.5, 0.6) is 0 Å². The Morgan fingerprint density at radius 3 is 2.63 bits per heavy atom. The number of amides is 1. The van der Waals surface area contributed by atoms with Gasteiger partial charge < -0.3 is 15.0 Å². The molecule has 0 bridgehead atoms. The van der Waals surface area contributed by atoms with E-state index < -0.39 is 0 Å². The summed E-state index contributed by atoms with van der Waals surface area (Å²) in [6.45, 7) is 5.13. The second-order valence-electron chi connectivity index (χ2n) is 4.65. The first-order valence-electron chi connectivity index (χ1n) is 6.51. The van der Waals surface area contributed by atoms with E-state index in [4.69, 9.17) is 4.74 Å². The van der Waals surface area contributed by atoms with E-state index in [1.807, 2.05) is 17.0 Å². The van der Waals surface area contributed by atoms with Crippen molar-refractivity contribution in [3.63, 3.8) is 0 Å². The van der Waals surface area contributed by atoms with Gasteiger partial charge in [-0.05, 0) is 24.6 Å². The summed E-state index contributed by atoms with van der Waals surface area (Å²) in [7, 11) is 0. The number of benzene rings is 1. The van der Waals surface area contributed by atoms with Crippen LogP contribution in [0.15, 0.2) is 28.7 Å². The maximum absolute atomic E-state index is 12.0. The molecule has 5 heteroatoms. The van der Waals surface area contributed by atoms with E-state index in [9.17, 15) is 4.79 Å². The van der Waals surface area contributed by atoms with Gasteiger partial charge in [-0.2, -0.15) is 0 Å². The predicted octanol–water partition coefficient (Wildman–Crippen LogP) is 1.96. The normalized spacial score (nSPS) is 17.3. The standard InChI is InChI=1S/C14H19BrN2O2/c1-11(12-2-4-13(15)5-3-12)16-10-14(18)17-6-8-19-9-7-17/h2-5,11,16H,6-10H2,1H3. The Kier molecular flexibility index (Phi) is 5.36. The van der Waals surface area contributed by atoms with Crippen LogP contribution >= 0.6 is 15.9 Å². The molecular weight excluding hydrogens is 308 g/mol. The van der Waals surface area contributed by atoms with Gasteiger partial charge in [-0.15, -0.1) is 0 Å². The zero-order chi connectivity index (χ0) is 13.7. The molecule has 0 radical (unpaired) electrons. The van der Waals surface area contributed by atoms with E-state index in [-0.39, 0.29) is 11.9 Å². The fourth-order valence-electron chi connectivity index (χ4n) is 2.03. The molecule has 4 nitrogen and oxygen atoms in total. The summed E-state index contributed by atoms with van der Waals surface area (Å²) in [6, 6.07) is 8.30. The van der Waals surface area contributed by atoms with Crippen LogP contribution in [0.4, 0.5) is 0 Å². The summed E-state index contributed by atoms with van der Waals surface area (Å²) in [5.74, 6) is 0.146. The molecule has 0 spiro atoms. The summed E-state index contributed by atoms with van der Waals surface area (Å²) < 4.78 is 6.30. The van der Waals surface area contributed by atoms with Gasteiger partial charge in [0.2, 0.25) is 5.91 Å². The minimum atomic E-state index is 0.146. The molecule has 1 amide bonds. The van der Waals surface area contributed by atoms with Gasteiger partial charge in [0, 0.05) is 23.6 Å². The molecule has 1 aliphatic heterocycles. The van der Waals surface area contributed by atoms with E-state index in [2.05, 4.69) is 40.3 Å². The minimum Gasteiger partial charge on any atom is -0.378 e. The number of rotatable bonds is 4. The van der Waals surface area contributed by atoms with Gasteiger partial charge in [-0.25, -0.2) is 0 Å². The van der Waals surface area contributed by atoms with E-state index >= 15 is 0 Å². The van der Waals surface area contributed by atoms with E-state index in [1.165, 1.54) is 5.56 Å². The smallest absolute Gasteiger partial charge is 0.236 e. The second-order valence-corrected chi connectivity index (χ2v) is 5.56. The lowest BCUT2D eigenvalue weighted by Gasteiger charge is -2.27. The van der Waals surface area contributed by atoms with Crippen LogP contribution in [0.1, 0.15) is 18.5 Å². The van der Waals surface area contributed by atoms with Crippen molar-refractivity contribution < 1.29 is 9.53 Å². The molecule has 1 unspecified atom stereocenters. The van der Waals surface area contributed by atoms with Crippen molar-refractivity contribution >= 4 is 21.8 Å². The Labute approximate surface area is 122 Å². The highest BCUT2D eigenvalue weighted by Gasteiger charge is 2.17. The molecule has 1 N–H and O–H groups in total. The molecule has 1 fully saturated rings. The van der Waals surface area contributed by atoms with Gasteiger partial charge in [-0.3, -0.25) is 4.79 Å². The molecule has 1 aliphatic rings. The first kappa shape index (κ1) is 14.5. The number of nitrogens with one attached hydrogen (secondary N) is 1. The van der Waals surface area contributed by atoms with Crippen LogP contribution in [0.2, 0.25) is 0 Å². The first-order chi connectivity index (χ1) is 9.16. The number of carbonyl (C=O) groups excluding carboxylic acids is 1. The minimum absolute atomic E-state index is 0.146. The fourth-order valence-corrected chi connectivity index (χ4v) is 2.30. The van der Waals surface area contributed by atoms with Crippen molar-refractivity contribution in [1.29, 1.82) is 0 Å². The Hall–Kier alpha value is -0.910. The highest BCUT2D eigenvalue weighted by Crippen LogP contribution is 2.16. The number of halogens is 1. The van der Waals surface area contributed by atoms with Crippen LogP contribution in [0.3, 0.4) is 0 Å². The molecule has 1 aromatic rings. The van der Waals surface area contributed by atoms with Crippen LogP contribution < -0.4 is 5.32 Å². The van der Waals surface area contributed by atoms with E-state index in [1.54, 1.807) is 0 Å². The van der Waals surface area contributed by atoms with E-state index in [0.29, 0.717) is 32.8 Å². The quantitative estimate of drug-likeness (QED) is 0.919. The summed E-state index contributed by atoms with van der Waals surface area (Å²) in [5, 5.41) is 3.27. The average Bonchev–Trinajstić information content (AvgIpc) is 2.46. The maximum atomic E-state index is 12.0. The SMILES string of the molecule is CC(NCC(=O)N1CCOCC1)c1ccc(Br)cc1. The third-order valence-electron chi connectivity index (χ3n) is 3.29. The fraction of sp³-hybridized carbons (Fsp3) is 0.500. The van der Waals surface area contributed by atoms with Gasteiger partial charge >= 0.3 is 0 Å². The largest absolute Gasteiger partial charge is 0.378 e. The number of hydrogen-bond donors (Lipinski definition) is 1. The molecule has 1 heterocycles. The molecule has 0 aromatic heterocycles. The Morgan fingerprint density at radius 1 is 1.37 bits per heavy atom. The lowest BCUT2D eigenvalue weighted by molar-refractivity contribution is -0.134. The first-order valence-corrected chi connectivity index (χ1v) is 7.30. The van der Waals surface area contributed by atoms with Crippen molar-refractivity contribution in [3.05, 3.63) is 34.3 Å².